The maximum absolute atomic E-state index is 11.6. The number of hydrogen-bond donors (Lipinski definition) is 2. The topological polar surface area (TPSA) is 93.1 Å². The van der Waals surface area contributed by atoms with Gasteiger partial charge in [0.05, 0.1) is 18.8 Å². The SMILES string of the molecule is CCOC(=O)c1cccc(C(O)C(O)C(=O)OCC)c1. The van der Waals surface area contributed by atoms with E-state index < -0.39 is 24.1 Å². The second kappa shape index (κ2) is 7.62. The zero-order valence-corrected chi connectivity index (χ0v) is 11.4. The lowest BCUT2D eigenvalue weighted by atomic mass is 10.0. The van der Waals surface area contributed by atoms with E-state index in [9.17, 15) is 19.8 Å². The fourth-order valence-corrected chi connectivity index (χ4v) is 1.60. The Bertz CT molecular complexity index is 470. The van der Waals surface area contributed by atoms with Crippen molar-refractivity contribution in [3.63, 3.8) is 0 Å². The molecule has 0 saturated carbocycles. The van der Waals surface area contributed by atoms with Gasteiger partial charge in [0, 0.05) is 0 Å². The molecule has 0 aliphatic carbocycles. The van der Waals surface area contributed by atoms with E-state index in [1.807, 2.05) is 0 Å². The number of aliphatic hydroxyl groups excluding tert-OH is 2. The Morgan fingerprint density at radius 2 is 1.80 bits per heavy atom. The molecule has 0 amide bonds. The molecular weight excluding hydrogens is 264 g/mol. The fourth-order valence-electron chi connectivity index (χ4n) is 1.60. The molecule has 1 aromatic carbocycles. The number of carbonyl (C=O) groups is 2. The Labute approximate surface area is 116 Å². The number of carbonyl (C=O) groups excluding carboxylic acids is 2. The Morgan fingerprint density at radius 1 is 1.15 bits per heavy atom. The van der Waals surface area contributed by atoms with Crippen molar-refractivity contribution in [2.45, 2.75) is 26.1 Å². The third-order valence-corrected chi connectivity index (χ3v) is 2.57. The van der Waals surface area contributed by atoms with Crippen LogP contribution in [-0.2, 0) is 14.3 Å². The molecule has 2 unspecified atom stereocenters. The summed E-state index contributed by atoms with van der Waals surface area (Å²) in [4.78, 5) is 22.9. The second-order valence-electron chi connectivity index (χ2n) is 3.99. The van der Waals surface area contributed by atoms with Crippen LogP contribution in [0.25, 0.3) is 0 Å². The van der Waals surface area contributed by atoms with Gasteiger partial charge in [-0.2, -0.15) is 0 Å². The monoisotopic (exact) mass is 282 g/mol. The fraction of sp³-hybridized carbons (Fsp3) is 0.429. The average Bonchev–Trinajstić information content (AvgIpc) is 2.46. The molecule has 0 fully saturated rings. The maximum atomic E-state index is 11.6. The molecule has 0 bridgehead atoms. The minimum Gasteiger partial charge on any atom is -0.464 e. The van der Waals surface area contributed by atoms with Crippen LogP contribution in [0.15, 0.2) is 24.3 Å². The molecule has 110 valence electrons. The maximum Gasteiger partial charge on any atom is 0.338 e. The molecule has 2 N–H and O–H groups in total. The zero-order chi connectivity index (χ0) is 15.1. The molecule has 6 nitrogen and oxygen atoms in total. The molecule has 2 atom stereocenters. The van der Waals surface area contributed by atoms with Crippen molar-refractivity contribution < 1.29 is 29.3 Å². The first-order valence-corrected chi connectivity index (χ1v) is 6.31. The highest BCUT2D eigenvalue weighted by atomic mass is 16.5. The first kappa shape index (κ1) is 16.1. The van der Waals surface area contributed by atoms with Crippen molar-refractivity contribution in [1.29, 1.82) is 0 Å². The molecule has 0 spiro atoms. The summed E-state index contributed by atoms with van der Waals surface area (Å²) in [5.74, 6) is -1.45. The highest BCUT2D eigenvalue weighted by Crippen LogP contribution is 2.19. The van der Waals surface area contributed by atoms with Gasteiger partial charge < -0.3 is 19.7 Å². The van der Waals surface area contributed by atoms with E-state index in [0.29, 0.717) is 0 Å². The minimum atomic E-state index is -1.70. The smallest absolute Gasteiger partial charge is 0.338 e. The molecule has 20 heavy (non-hydrogen) atoms. The summed E-state index contributed by atoms with van der Waals surface area (Å²) in [6.07, 6.45) is -3.17. The molecule has 0 radical (unpaired) electrons. The van der Waals surface area contributed by atoms with E-state index in [1.54, 1.807) is 13.8 Å². The Morgan fingerprint density at radius 3 is 2.40 bits per heavy atom. The van der Waals surface area contributed by atoms with Gasteiger partial charge in [-0.15, -0.1) is 0 Å². The van der Waals surface area contributed by atoms with Gasteiger partial charge in [0.2, 0.25) is 0 Å². The van der Waals surface area contributed by atoms with Gasteiger partial charge in [-0.3, -0.25) is 0 Å². The zero-order valence-electron chi connectivity index (χ0n) is 11.4. The molecule has 0 aromatic heterocycles. The van der Waals surface area contributed by atoms with Crippen LogP contribution >= 0.6 is 0 Å². The number of esters is 2. The predicted molar refractivity (Wildman–Crippen MR) is 70.0 cm³/mol. The number of ether oxygens (including phenoxy) is 2. The Hall–Kier alpha value is -1.92. The lowest BCUT2D eigenvalue weighted by molar-refractivity contribution is -0.159. The third-order valence-electron chi connectivity index (χ3n) is 2.57. The van der Waals surface area contributed by atoms with Gasteiger partial charge >= 0.3 is 11.9 Å². The highest BCUT2D eigenvalue weighted by Gasteiger charge is 2.27. The Kier molecular flexibility index (Phi) is 6.14. The van der Waals surface area contributed by atoms with Gasteiger partial charge in [-0.1, -0.05) is 12.1 Å². The Balaban J connectivity index is 2.88. The summed E-state index contributed by atoms with van der Waals surface area (Å²) < 4.78 is 9.46. The molecule has 0 heterocycles. The third kappa shape index (κ3) is 4.04. The van der Waals surface area contributed by atoms with Crippen LogP contribution < -0.4 is 0 Å². The average molecular weight is 282 g/mol. The van der Waals surface area contributed by atoms with Gasteiger partial charge in [0.25, 0.3) is 0 Å². The van der Waals surface area contributed by atoms with Crippen LogP contribution in [-0.4, -0.2) is 41.5 Å². The van der Waals surface area contributed by atoms with Crippen molar-refractivity contribution in [1.82, 2.24) is 0 Å². The minimum absolute atomic E-state index is 0.103. The van der Waals surface area contributed by atoms with Crippen molar-refractivity contribution in [3.05, 3.63) is 35.4 Å². The molecule has 0 aliphatic heterocycles. The van der Waals surface area contributed by atoms with Gasteiger partial charge in [-0.25, -0.2) is 9.59 Å². The number of aliphatic hydroxyl groups is 2. The summed E-state index contributed by atoms with van der Waals surface area (Å²) in [5.41, 5.74) is 0.468. The first-order chi connectivity index (χ1) is 9.51. The lowest BCUT2D eigenvalue weighted by Gasteiger charge is -2.17. The molecule has 0 saturated heterocycles. The van der Waals surface area contributed by atoms with Crippen molar-refractivity contribution in [2.24, 2.45) is 0 Å². The summed E-state index contributed by atoms with van der Waals surface area (Å²) in [6.45, 7) is 3.61. The number of hydrogen-bond acceptors (Lipinski definition) is 6. The van der Waals surface area contributed by atoms with E-state index in [1.165, 1.54) is 24.3 Å². The van der Waals surface area contributed by atoms with E-state index in [4.69, 9.17) is 4.74 Å². The summed E-state index contributed by atoms with van der Waals surface area (Å²) in [6, 6.07) is 5.91. The second-order valence-corrected chi connectivity index (χ2v) is 3.99. The lowest BCUT2D eigenvalue weighted by Crippen LogP contribution is -2.30. The summed E-state index contributed by atoms with van der Waals surface area (Å²) in [7, 11) is 0. The van der Waals surface area contributed by atoms with Crippen LogP contribution in [0.3, 0.4) is 0 Å². The molecule has 1 aromatic rings. The highest BCUT2D eigenvalue weighted by molar-refractivity contribution is 5.89. The standard InChI is InChI=1S/C14H18O6/c1-3-19-13(17)10-7-5-6-9(8-10)11(15)12(16)14(18)20-4-2/h5-8,11-12,15-16H,3-4H2,1-2H3. The molecular formula is C14H18O6. The quantitative estimate of drug-likeness (QED) is 0.750. The van der Waals surface area contributed by atoms with Crippen LogP contribution in [0.4, 0.5) is 0 Å². The van der Waals surface area contributed by atoms with Crippen LogP contribution in [0.5, 0.6) is 0 Å². The van der Waals surface area contributed by atoms with Gasteiger partial charge in [0.1, 0.15) is 6.10 Å². The van der Waals surface area contributed by atoms with Crippen molar-refractivity contribution in [3.8, 4) is 0 Å². The van der Waals surface area contributed by atoms with E-state index >= 15 is 0 Å². The normalized spacial score (nSPS) is 13.4. The van der Waals surface area contributed by atoms with E-state index in [-0.39, 0.29) is 24.3 Å². The molecule has 6 heteroatoms. The van der Waals surface area contributed by atoms with Gasteiger partial charge in [-0.05, 0) is 31.5 Å². The number of benzene rings is 1. The predicted octanol–water partition coefficient (Wildman–Crippen LogP) is 0.821. The number of rotatable bonds is 6. The van der Waals surface area contributed by atoms with Crippen LogP contribution in [0, 0.1) is 0 Å². The van der Waals surface area contributed by atoms with Crippen LogP contribution in [0.1, 0.15) is 35.9 Å². The van der Waals surface area contributed by atoms with Crippen molar-refractivity contribution >= 4 is 11.9 Å². The van der Waals surface area contributed by atoms with Crippen LogP contribution in [0.2, 0.25) is 0 Å². The van der Waals surface area contributed by atoms with E-state index in [0.717, 1.165) is 0 Å². The largest absolute Gasteiger partial charge is 0.464 e. The van der Waals surface area contributed by atoms with Gasteiger partial charge in [0.15, 0.2) is 6.10 Å². The first-order valence-electron chi connectivity index (χ1n) is 6.31. The van der Waals surface area contributed by atoms with Crippen molar-refractivity contribution in [2.75, 3.05) is 13.2 Å². The molecule has 0 aliphatic rings. The summed E-state index contributed by atoms with van der Waals surface area (Å²) >= 11 is 0. The van der Waals surface area contributed by atoms with E-state index in [2.05, 4.69) is 4.74 Å². The summed E-state index contributed by atoms with van der Waals surface area (Å²) in [5, 5.41) is 19.6. The molecule has 1 rings (SSSR count).